The number of rotatable bonds is 9. The number of anilines is 1. The van der Waals surface area contributed by atoms with Gasteiger partial charge in [-0.05, 0) is 72.2 Å². The van der Waals surface area contributed by atoms with Gasteiger partial charge in [0.15, 0.2) is 0 Å². The van der Waals surface area contributed by atoms with Crippen molar-refractivity contribution in [2.45, 2.75) is 77.4 Å². The smallest absolute Gasteiger partial charge is 0.255 e. The fraction of sp³-hybridized carbons (Fsp3) is 0.394. The van der Waals surface area contributed by atoms with Crippen molar-refractivity contribution in [3.8, 4) is 5.75 Å². The van der Waals surface area contributed by atoms with Crippen molar-refractivity contribution >= 4 is 17.5 Å². The Morgan fingerprint density at radius 1 is 1.02 bits per heavy atom. The quantitative estimate of drug-likeness (QED) is 0.294. The summed E-state index contributed by atoms with van der Waals surface area (Å²) in [6.45, 7) is 6.26. The molecule has 6 nitrogen and oxygen atoms in total. The Bertz CT molecular complexity index is 1350. The molecule has 0 spiro atoms. The topological polar surface area (TPSA) is 84.7 Å². The van der Waals surface area contributed by atoms with E-state index in [0.717, 1.165) is 53.7 Å². The lowest BCUT2D eigenvalue weighted by molar-refractivity contribution is -0.127. The second-order valence-corrected chi connectivity index (χ2v) is 11.0. The first kappa shape index (κ1) is 29.1. The number of nitrogen functional groups attached to an aromatic ring is 1. The molecule has 0 aromatic heterocycles. The molecule has 0 radical (unpaired) electrons. The van der Waals surface area contributed by atoms with E-state index < -0.39 is 17.8 Å². The maximum absolute atomic E-state index is 14.3. The monoisotopic (exact) mass is 545 g/mol. The predicted molar refractivity (Wildman–Crippen MR) is 157 cm³/mol. The van der Waals surface area contributed by atoms with Gasteiger partial charge in [-0.15, -0.1) is 0 Å². The number of nitrogens with one attached hydrogen (secondary N) is 1. The van der Waals surface area contributed by atoms with E-state index in [4.69, 9.17) is 10.5 Å². The van der Waals surface area contributed by atoms with Crippen LogP contribution < -0.4 is 15.8 Å². The zero-order valence-corrected chi connectivity index (χ0v) is 23.9. The van der Waals surface area contributed by atoms with Crippen molar-refractivity contribution in [1.29, 1.82) is 0 Å². The number of nitrogens with zero attached hydrogens (tertiary/aromatic N) is 1. The van der Waals surface area contributed by atoms with Crippen molar-refractivity contribution in [1.82, 2.24) is 10.2 Å². The van der Waals surface area contributed by atoms with Gasteiger partial charge in [-0.2, -0.15) is 0 Å². The molecule has 2 amide bonds. The van der Waals surface area contributed by atoms with Gasteiger partial charge in [0, 0.05) is 18.2 Å². The summed E-state index contributed by atoms with van der Waals surface area (Å²) < 4.78 is 19.5. The fourth-order valence-corrected chi connectivity index (χ4v) is 5.62. The zero-order valence-electron chi connectivity index (χ0n) is 23.9. The summed E-state index contributed by atoms with van der Waals surface area (Å²) in [7, 11) is 1.62. The summed E-state index contributed by atoms with van der Waals surface area (Å²) in [5, 5.41) is 3.27. The zero-order chi connectivity index (χ0) is 28.8. The summed E-state index contributed by atoms with van der Waals surface area (Å²) in [5.74, 6) is -0.339. The summed E-state index contributed by atoms with van der Waals surface area (Å²) in [6, 6.07) is 16.6. The van der Waals surface area contributed by atoms with Gasteiger partial charge < -0.3 is 20.7 Å². The van der Waals surface area contributed by atoms with E-state index in [1.165, 1.54) is 24.6 Å². The average molecular weight is 546 g/mol. The molecule has 1 atom stereocenters. The van der Waals surface area contributed by atoms with Gasteiger partial charge in [0.1, 0.15) is 17.6 Å². The number of hydrogen-bond acceptors (Lipinski definition) is 4. The largest absolute Gasteiger partial charge is 0.496 e. The molecule has 1 fully saturated rings. The second-order valence-electron chi connectivity index (χ2n) is 11.0. The van der Waals surface area contributed by atoms with Gasteiger partial charge in [0.2, 0.25) is 5.91 Å². The van der Waals surface area contributed by atoms with Crippen LogP contribution in [0.5, 0.6) is 5.75 Å². The molecule has 0 saturated heterocycles. The van der Waals surface area contributed by atoms with E-state index >= 15 is 0 Å². The van der Waals surface area contributed by atoms with Crippen LogP contribution in [-0.2, 0) is 11.3 Å². The number of nitrogens with two attached hydrogens (primary N) is 1. The van der Waals surface area contributed by atoms with E-state index in [-0.39, 0.29) is 35.7 Å². The molecule has 1 unspecified atom stereocenters. The number of amides is 2. The van der Waals surface area contributed by atoms with Crippen LogP contribution in [0.2, 0.25) is 0 Å². The molecule has 212 valence electrons. The number of hydrogen-bond donors (Lipinski definition) is 2. The van der Waals surface area contributed by atoms with Crippen molar-refractivity contribution in [2.24, 2.45) is 0 Å². The molecule has 1 saturated carbocycles. The van der Waals surface area contributed by atoms with Gasteiger partial charge in [0.25, 0.3) is 5.91 Å². The standard InChI is InChI=1S/C33H40FN3O3/c1-21(2)26-12-8-9-13-27(26)31(32(38)36-25-10-6-5-7-11-25)37(20-23-14-17-30(40-4)22(3)18-23)33(39)24-15-16-28(34)29(35)19-24/h8-9,12-19,21,25,31H,5-7,10-11,20,35H2,1-4H3,(H,36,38). The molecule has 3 aromatic rings. The maximum Gasteiger partial charge on any atom is 0.255 e. The van der Waals surface area contributed by atoms with Crippen LogP contribution in [-0.4, -0.2) is 29.9 Å². The highest BCUT2D eigenvalue weighted by Gasteiger charge is 2.35. The van der Waals surface area contributed by atoms with Crippen LogP contribution in [0, 0.1) is 12.7 Å². The van der Waals surface area contributed by atoms with Crippen LogP contribution in [0.4, 0.5) is 10.1 Å². The highest BCUT2D eigenvalue weighted by atomic mass is 19.1. The van der Waals surface area contributed by atoms with Gasteiger partial charge in [-0.3, -0.25) is 9.59 Å². The van der Waals surface area contributed by atoms with Crippen molar-refractivity contribution in [3.63, 3.8) is 0 Å². The van der Waals surface area contributed by atoms with E-state index in [1.54, 1.807) is 12.0 Å². The molecule has 0 aliphatic heterocycles. The summed E-state index contributed by atoms with van der Waals surface area (Å²) >= 11 is 0. The Morgan fingerprint density at radius 3 is 2.35 bits per heavy atom. The van der Waals surface area contributed by atoms with E-state index in [0.29, 0.717) is 0 Å². The maximum atomic E-state index is 14.3. The average Bonchev–Trinajstić information content (AvgIpc) is 2.94. The lowest BCUT2D eigenvalue weighted by atomic mass is 9.90. The number of ether oxygens (including phenoxy) is 1. The molecule has 7 heteroatoms. The predicted octanol–water partition coefficient (Wildman–Crippen LogP) is 6.68. The van der Waals surface area contributed by atoms with Crippen molar-refractivity contribution < 1.29 is 18.7 Å². The second kappa shape index (κ2) is 13.0. The first-order valence-corrected chi connectivity index (χ1v) is 14.1. The first-order chi connectivity index (χ1) is 19.2. The first-order valence-electron chi connectivity index (χ1n) is 14.1. The highest BCUT2D eigenvalue weighted by Crippen LogP contribution is 2.33. The summed E-state index contributed by atoms with van der Waals surface area (Å²) in [5.41, 5.74) is 9.51. The molecule has 0 bridgehead atoms. The third-order valence-corrected chi connectivity index (χ3v) is 7.74. The van der Waals surface area contributed by atoms with Gasteiger partial charge in [-0.25, -0.2) is 4.39 Å². The Hall–Kier alpha value is -3.87. The normalized spacial score (nSPS) is 14.6. The SMILES string of the molecule is COc1ccc(CN(C(=O)c2ccc(F)c(N)c2)C(C(=O)NC2CCCCC2)c2ccccc2C(C)C)cc1C. The fourth-order valence-electron chi connectivity index (χ4n) is 5.62. The lowest BCUT2D eigenvalue weighted by Crippen LogP contribution is -2.47. The molecule has 3 aromatic carbocycles. The Labute approximate surface area is 236 Å². The molecule has 1 aliphatic carbocycles. The van der Waals surface area contributed by atoms with Crippen LogP contribution in [0.15, 0.2) is 60.7 Å². The van der Waals surface area contributed by atoms with Crippen molar-refractivity contribution in [2.75, 3.05) is 12.8 Å². The van der Waals surface area contributed by atoms with Gasteiger partial charge in [0.05, 0.1) is 12.8 Å². The molecule has 3 N–H and O–H groups in total. The Balaban J connectivity index is 1.84. The molecule has 1 aliphatic rings. The molecular formula is C33H40FN3O3. The van der Waals surface area contributed by atoms with Crippen molar-refractivity contribution in [3.05, 3.63) is 94.3 Å². The van der Waals surface area contributed by atoms with E-state index in [9.17, 15) is 14.0 Å². The van der Waals surface area contributed by atoms with E-state index in [2.05, 4.69) is 19.2 Å². The minimum absolute atomic E-state index is 0.0663. The molecule has 4 rings (SSSR count). The van der Waals surface area contributed by atoms with Gasteiger partial charge >= 0.3 is 0 Å². The third-order valence-electron chi connectivity index (χ3n) is 7.74. The van der Waals surface area contributed by atoms with E-state index in [1.807, 2.05) is 49.4 Å². The number of halogens is 1. The highest BCUT2D eigenvalue weighted by molar-refractivity contribution is 5.98. The molecule has 0 heterocycles. The Morgan fingerprint density at radius 2 is 1.73 bits per heavy atom. The minimum Gasteiger partial charge on any atom is -0.496 e. The lowest BCUT2D eigenvalue weighted by Gasteiger charge is -2.35. The molecule has 40 heavy (non-hydrogen) atoms. The third kappa shape index (κ3) is 6.64. The number of aryl methyl sites for hydroxylation is 1. The van der Waals surface area contributed by atoms with Crippen LogP contribution in [0.3, 0.4) is 0 Å². The Kier molecular flexibility index (Phi) is 9.46. The summed E-state index contributed by atoms with van der Waals surface area (Å²) in [4.78, 5) is 30.1. The number of carbonyl (C=O) groups excluding carboxylic acids is 2. The van der Waals surface area contributed by atoms with Crippen LogP contribution >= 0.6 is 0 Å². The van der Waals surface area contributed by atoms with Crippen LogP contribution in [0.25, 0.3) is 0 Å². The minimum atomic E-state index is -0.901. The number of methoxy groups -OCH3 is 1. The van der Waals surface area contributed by atoms with Crippen LogP contribution in [0.1, 0.15) is 90.5 Å². The van der Waals surface area contributed by atoms with Gasteiger partial charge in [-0.1, -0.05) is 69.5 Å². The molecular weight excluding hydrogens is 505 g/mol. The number of benzene rings is 3. The summed E-state index contributed by atoms with van der Waals surface area (Å²) in [6.07, 6.45) is 5.15. The number of carbonyl (C=O) groups is 2.